The van der Waals surface area contributed by atoms with E-state index in [9.17, 15) is 0 Å². The maximum Gasteiger partial charge on any atom is 0.160 e. The molecule has 0 amide bonds. The van der Waals surface area contributed by atoms with Crippen LogP contribution in [0.1, 0.15) is 0 Å². The number of rotatable bonds is 5. The highest BCUT2D eigenvalue weighted by atomic mass is 14.9. The molecule has 10 aromatic rings. The molecule has 0 unspecified atom stereocenters. The second-order valence-electron chi connectivity index (χ2n) is 13.3. The molecule has 10 rings (SSSR count). The van der Waals surface area contributed by atoms with Gasteiger partial charge >= 0.3 is 0 Å². The Hall–Kier alpha value is -6.97. The molecular formula is C49H31N3. The summed E-state index contributed by atoms with van der Waals surface area (Å²) in [6.07, 6.45) is 3.88. The second-order valence-corrected chi connectivity index (χ2v) is 13.3. The zero-order chi connectivity index (χ0) is 34.4. The van der Waals surface area contributed by atoms with Gasteiger partial charge in [0.05, 0.1) is 11.4 Å². The van der Waals surface area contributed by atoms with Crippen molar-refractivity contribution in [3.8, 4) is 56.2 Å². The number of nitrogens with zero attached hydrogens (tertiary/aromatic N) is 3. The van der Waals surface area contributed by atoms with E-state index >= 15 is 0 Å². The molecule has 3 nitrogen and oxygen atoms in total. The predicted molar refractivity (Wildman–Crippen MR) is 217 cm³/mol. The highest BCUT2D eigenvalue weighted by Gasteiger charge is 2.16. The third-order valence-corrected chi connectivity index (χ3v) is 10.2. The molecule has 0 atom stereocenters. The minimum atomic E-state index is 0.707. The third kappa shape index (κ3) is 5.28. The SMILES string of the molecule is c1ccc2cc(-c3cc(-c4ccc(-c5ccc(-c6cncc7ccccc67)cc5)c5ccccc45)nc(-c4ccc5ccccc5c4)n3)ccc2c1. The quantitative estimate of drug-likeness (QED) is 0.184. The maximum absolute atomic E-state index is 5.27. The van der Waals surface area contributed by atoms with E-state index in [4.69, 9.17) is 9.97 Å². The van der Waals surface area contributed by atoms with Crippen molar-refractivity contribution in [2.45, 2.75) is 0 Å². The van der Waals surface area contributed by atoms with Crippen LogP contribution in [0.4, 0.5) is 0 Å². The molecule has 0 radical (unpaired) electrons. The summed E-state index contributed by atoms with van der Waals surface area (Å²) in [5.41, 5.74) is 9.54. The van der Waals surface area contributed by atoms with Gasteiger partial charge in [0, 0.05) is 40.0 Å². The fraction of sp³-hybridized carbons (Fsp3) is 0. The van der Waals surface area contributed by atoms with Gasteiger partial charge in [-0.05, 0) is 72.6 Å². The highest BCUT2D eigenvalue weighted by molar-refractivity contribution is 6.05. The Balaban J connectivity index is 1.11. The van der Waals surface area contributed by atoms with Crippen LogP contribution in [-0.4, -0.2) is 15.0 Å². The number of hydrogen-bond donors (Lipinski definition) is 0. The van der Waals surface area contributed by atoms with Crippen LogP contribution in [0.15, 0.2) is 188 Å². The van der Waals surface area contributed by atoms with Crippen LogP contribution in [0.2, 0.25) is 0 Å². The molecule has 0 aliphatic carbocycles. The van der Waals surface area contributed by atoms with Crippen LogP contribution >= 0.6 is 0 Å². The molecule has 52 heavy (non-hydrogen) atoms. The molecule has 0 saturated heterocycles. The van der Waals surface area contributed by atoms with Crippen molar-refractivity contribution in [2.75, 3.05) is 0 Å². The van der Waals surface area contributed by atoms with Gasteiger partial charge in [-0.2, -0.15) is 0 Å². The van der Waals surface area contributed by atoms with Gasteiger partial charge in [-0.3, -0.25) is 4.98 Å². The fourth-order valence-electron chi connectivity index (χ4n) is 7.49. The zero-order valence-electron chi connectivity index (χ0n) is 28.2. The lowest BCUT2D eigenvalue weighted by Gasteiger charge is -2.15. The maximum atomic E-state index is 5.27. The lowest BCUT2D eigenvalue weighted by Crippen LogP contribution is -1.97. The summed E-state index contributed by atoms with van der Waals surface area (Å²) in [4.78, 5) is 15.0. The van der Waals surface area contributed by atoms with Gasteiger partial charge in [-0.15, -0.1) is 0 Å². The van der Waals surface area contributed by atoms with Crippen molar-refractivity contribution in [2.24, 2.45) is 0 Å². The lowest BCUT2D eigenvalue weighted by molar-refractivity contribution is 1.19. The van der Waals surface area contributed by atoms with Crippen LogP contribution in [0, 0.1) is 0 Å². The Morgan fingerprint density at radius 2 is 0.788 bits per heavy atom. The normalized spacial score (nSPS) is 11.5. The van der Waals surface area contributed by atoms with E-state index in [-0.39, 0.29) is 0 Å². The summed E-state index contributed by atoms with van der Waals surface area (Å²) in [5, 5.41) is 9.43. The first kappa shape index (κ1) is 29.9. The average Bonchev–Trinajstić information content (AvgIpc) is 3.22. The predicted octanol–water partition coefficient (Wildman–Crippen LogP) is 12.8. The largest absolute Gasteiger partial charge is 0.263 e. The van der Waals surface area contributed by atoms with Gasteiger partial charge in [0.2, 0.25) is 0 Å². The minimum Gasteiger partial charge on any atom is -0.263 e. The molecule has 242 valence electrons. The van der Waals surface area contributed by atoms with Gasteiger partial charge in [-0.1, -0.05) is 158 Å². The van der Waals surface area contributed by atoms with Crippen molar-refractivity contribution < 1.29 is 0 Å². The van der Waals surface area contributed by atoms with Gasteiger partial charge < -0.3 is 0 Å². The molecular weight excluding hydrogens is 631 g/mol. The van der Waals surface area contributed by atoms with Crippen LogP contribution < -0.4 is 0 Å². The lowest BCUT2D eigenvalue weighted by atomic mass is 9.92. The van der Waals surface area contributed by atoms with Gasteiger partial charge in [0.15, 0.2) is 5.82 Å². The van der Waals surface area contributed by atoms with Crippen molar-refractivity contribution in [1.29, 1.82) is 0 Å². The van der Waals surface area contributed by atoms with Crippen molar-refractivity contribution in [3.05, 3.63) is 188 Å². The molecule has 0 bridgehead atoms. The molecule has 0 aliphatic rings. The fourth-order valence-corrected chi connectivity index (χ4v) is 7.49. The second kappa shape index (κ2) is 12.4. The topological polar surface area (TPSA) is 38.7 Å². The van der Waals surface area contributed by atoms with Gasteiger partial charge in [-0.25, -0.2) is 9.97 Å². The average molecular weight is 662 g/mol. The molecule has 0 spiro atoms. The van der Waals surface area contributed by atoms with Gasteiger partial charge in [0.1, 0.15) is 0 Å². The first-order valence-corrected chi connectivity index (χ1v) is 17.6. The van der Waals surface area contributed by atoms with Crippen LogP contribution in [0.3, 0.4) is 0 Å². The summed E-state index contributed by atoms with van der Waals surface area (Å²) in [7, 11) is 0. The van der Waals surface area contributed by atoms with Crippen LogP contribution in [0.5, 0.6) is 0 Å². The number of fused-ring (bicyclic) bond motifs is 4. The summed E-state index contributed by atoms with van der Waals surface area (Å²) in [5.74, 6) is 0.707. The van der Waals surface area contributed by atoms with Crippen LogP contribution in [-0.2, 0) is 0 Å². The molecule has 2 heterocycles. The van der Waals surface area contributed by atoms with Gasteiger partial charge in [0.25, 0.3) is 0 Å². The molecule has 3 heteroatoms. The molecule has 2 aromatic heterocycles. The molecule has 8 aromatic carbocycles. The number of aromatic nitrogens is 3. The van der Waals surface area contributed by atoms with E-state index in [0.29, 0.717) is 5.82 Å². The number of pyridine rings is 1. The Morgan fingerprint density at radius 3 is 1.50 bits per heavy atom. The van der Waals surface area contributed by atoms with E-state index < -0.39 is 0 Å². The molecule has 0 aliphatic heterocycles. The standard InChI is InChI=1S/C49H31N3/c1-3-11-36-27-38(23-17-32(36)9-1)47-29-48(52-49(51-47)39-24-18-33-10-2-4-12-37(33)28-39)45-26-25-42(43-15-7-8-16-44(43)45)34-19-21-35(22-20-34)46-31-50-30-40-13-5-6-14-41(40)46/h1-31H. The van der Waals surface area contributed by atoms with E-state index in [1.165, 1.54) is 37.9 Å². The van der Waals surface area contributed by atoms with E-state index in [1.807, 2.05) is 12.4 Å². The van der Waals surface area contributed by atoms with E-state index in [2.05, 4.69) is 181 Å². The first-order valence-electron chi connectivity index (χ1n) is 17.6. The van der Waals surface area contributed by atoms with Crippen molar-refractivity contribution in [1.82, 2.24) is 15.0 Å². The highest BCUT2D eigenvalue weighted by Crippen LogP contribution is 2.38. The summed E-state index contributed by atoms with van der Waals surface area (Å²) >= 11 is 0. The Bertz CT molecular complexity index is 2860. The zero-order valence-corrected chi connectivity index (χ0v) is 28.2. The summed E-state index contributed by atoms with van der Waals surface area (Å²) in [6, 6.07) is 62.5. The molecule has 0 N–H and O–H groups in total. The van der Waals surface area contributed by atoms with Crippen LogP contribution in [0.25, 0.3) is 99.2 Å². The Kier molecular flexibility index (Phi) is 7.14. The molecule has 0 saturated carbocycles. The Morgan fingerprint density at radius 1 is 0.288 bits per heavy atom. The number of hydrogen-bond acceptors (Lipinski definition) is 3. The summed E-state index contributed by atoms with van der Waals surface area (Å²) < 4.78 is 0. The molecule has 0 fully saturated rings. The minimum absolute atomic E-state index is 0.707. The van der Waals surface area contributed by atoms with Crippen molar-refractivity contribution >= 4 is 43.1 Å². The van der Waals surface area contributed by atoms with E-state index in [0.717, 1.165) is 55.5 Å². The first-order chi connectivity index (χ1) is 25.7. The monoisotopic (exact) mass is 661 g/mol. The van der Waals surface area contributed by atoms with Crippen molar-refractivity contribution in [3.63, 3.8) is 0 Å². The smallest absolute Gasteiger partial charge is 0.160 e. The Labute approximate surface area is 301 Å². The van der Waals surface area contributed by atoms with E-state index in [1.54, 1.807) is 0 Å². The number of benzene rings is 8. The summed E-state index contributed by atoms with van der Waals surface area (Å²) in [6.45, 7) is 0. The third-order valence-electron chi connectivity index (χ3n) is 10.2.